The van der Waals surface area contributed by atoms with Crippen molar-refractivity contribution in [3.63, 3.8) is 0 Å². The summed E-state index contributed by atoms with van der Waals surface area (Å²) in [5.41, 5.74) is 1.91. The van der Waals surface area contributed by atoms with Crippen LogP contribution in [0.15, 0.2) is 78.9 Å². The van der Waals surface area contributed by atoms with Crippen molar-refractivity contribution in [3.8, 4) is 5.75 Å². The van der Waals surface area contributed by atoms with E-state index in [0.29, 0.717) is 16.9 Å². The van der Waals surface area contributed by atoms with Gasteiger partial charge in [-0.05, 0) is 29.8 Å². The van der Waals surface area contributed by atoms with Crippen LogP contribution in [-0.2, 0) is 16.1 Å². The predicted molar refractivity (Wildman–Crippen MR) is 108 cm³/mol. The first kappa shape index (κ1) is 19.3. The number of rotatable bonds is 5. The van der Waals surface area contributed by atoms with E-state index >= 15 is 0 Å². The van der Waals surface area contributed by atoms with Gasteiger partial charge in [0.25, 0.3) is 11.7 Å². The molecule has 1 saturated heterocycles. The molecule has 7 heteroatoms. The summed E-state index contributed by atoms with van der Waals surface area (Å²) >= 11 is 0. The quantitative estimate of drug-likeness (QED) is 0.402. The Morgan fingerprint density at radius 3 is 2.77 bits per heavy atom. The summed E-state index contributed by atoms with van der Waals surface area (Å²) in [6.07, 6.45) is 6.74. The molecule has 150 valence electrons. The largest absolute Gasteiger partial charge is 0.507 e. The molecule has 1 fully saturated rings. The first-order valence-corrected chi connectivity index (χ1v) is 9.38. The number of methoxy groups -OCH3 is 1. The fourth-order valence-corrected chi connectivity index (χ4v) is 3.58. The first-order chi connectivity index (χ1) is 14.6. The van der Waals surface area contributed by atoms with E-state index in [2.05, 4.69) is 9.97 Å². The second-order valence-electron chi connectivity index (χ2n) is 6.86. The van der Waals surface area contributed by atoms with Crippen LogP contribution in [0.1, 0.15) is 22.7 Å². The Morgan fingerprint density at radius 1 is 1.20 bits per heavy atom. The van der Waals surface area contributed by atoms with Crippen molar-refractivity contribution in [2.45, 2.75) is 12.6 Å². The van der Waals surface area contributed by atoms with Crippen LogP contribution in [0.3, 0.4) is 0 Å². The molecule has 1 atom stereocenters. The zero-order valence-corrected chi connectivity index (χ0v) is 16.3. The van der Waals surface area contributed by atoms with E-state index in [4.69, 9.17) is 4.74 Å². The van der Waals surface area contributed by atoms with Crippen LogP contribution >= 0.6 is 0 Å². The van der Waals surface area contributed by atoms with Crippen LogP contribution in [0.5, 0.6) is 5.75 Å². The van der Waals surface area contributed by atoms with Crippen LogP contribution in [0.4, 0.5) is 0 Å². The lowest BCUT2D eigenvalue weighted by Crippen LogP contribution is -2.29. The van der Waals surface area contributed by atoms with E-state index in [1.807, 2.05) is 12.1 Å². The molecule has 1 aromatic carbocycles. The molecule has 2 aromatic heterocycles. The molecule has 1 amide bonds. The second kappa shape index (κ2) is 8.16. The van der Waals surface area contributed by atoms with Gasteiger partial charge in [-0.15, -0.1) is 0 Å². The Labute approximate surface area is 173 Å². The predicted octanol–water partition coefficient (Wildman–Crippen LogP) is 2.53. The third kappa shape index (κ3) is 3.53. The molecule has 1 aliphatic heterocycles. The molecular formula is C23H20N3O4+. The molecule has 3 aromatic rings. The molecule has 1 aliphatic rings. The minimum absolute atomic E-state index is 0.0387. The number of hydrogen-bond donors (Lipinski definition) is 1. The van der Waals surface area contributed by atoms with Crippen LogP contribution in [-0.4, -0.2) is 33.8 Å². The van der Waals surface area contributed by atoms with Gasteiger partial charge < -0.3 is 14.7 Å². The number of likely N-dealkylation sites (tertiary alicyclic amines) is 1. The SMILES string of the molecule is COc1cccc(C(O)=C2C(=O)C(=O)N(Cc3cccnc3)C2c2ccc[nH+]c2)c1. The molecule has 1 unspecified atom stereocenters. The first-order valence-electron chi connectivity index (χ1n) is 9.38. The molecule has 2 N–H and O–H groups in total. The zero-order chi connectivity index (χ0) is 21.1. The second-order valence-corrected chi connectivity index (χ2v) is 6.86. The number of hydrogen-bond acceptors (Lipinski definition) is 5. The van der Waals surface area contributed by atoms with Crippen LogP contribution in [0, 0.1) is 0 Å². The Kier molecular flexibility index (Phi) is 5.26. The molecule has 30 heavy (non-hydrogen) atoms. The standard InChI is InChI=1S/C23H19N3O4/c1-30-18-8-2-6-16(11-18)21(27)19-20(17-7-4-10-25-13-17)26(23(29)22(19)28)14-15-5-3-9-24-12-15/h2-13,20,27H,14H2,1H3/p+1. The number of ketones is 1. The van der Waals surface area contributed by atoms with Crippen LogP contribution < -0.4 is 9.72 Å². The van der Waals surface area contributed by atoms with Crippen molar-refractivity contribution in [1.82, 2.24) is 9.88 Å². The number of nitrogens with zero attached hydrogens (tertiary/aromatic N) is 2. The van der Waals surface area contributed by atoms with Crippen molar-refractivity contribution in [2.24, 2.45) is 0 Å². The summed E-state index contributed by atoms with van der Waals surface area (Å²) in [7, 11) is 1.52. The topological polar surface area (TPSA) is 93.9 Å². The number of Topliss-reactive ketones (excluding diaryl/α,β-unsaturated/α-hetero) is 1. The molecule has 0 spiro atoms. The minimum Gasteiger partial charge on any atom is -0.507 e. The van der Waals surface area contributed by atoms with Gasteiger partial charge in [0.15, 0.2) is 12.4 Å². The number of pyridine rings is 2. The third-order valence-electron chi connectivity index (χ3n) is 5.01. The van der Waals surface area contributed by atoms with Crippen molar-refractivity contribution < 1.29 is 24.4 Å². The number of carbonyl (C=O) groups excluding carboxylic acids is 2. The van der Waals surface area contributed by atoms with Gasteiger partial charge in [-0.25, -0.2) is 4.98 Å². The maximum Gasteiger partial charge on any atom is 0.295 e. The average Bonchev–Trinajstić information content (AvgIpc) is 3.05. The molecule has 0 aliphatic carbocycles. The lowest BCUT2D eigenvalue weighted by molar-refractivity contribution is -0.379. The van der Waals surface area contributed by atoms with Crippen molar-refractivity contribution in [3.05, 3.63) is 95.6 Å². The molecule has 0 bridgehead atoms. The fraction of sp³-hybridized carbons (Fsp3) is 0.130. The monoisotopic (exact) mass is 402 g/mol. The van der Waals surface area contributed by atoms with Crippen LogP contribution in [0.25, 0.3) is 5.76 Å². The van der Waals surface area contributed by atoms with Gasteiger partial charge in [0.1, 0.15) is 11.5 Å². The number of aromatic nitrogens is 2. The van der Waals surface area contributed by atoms with Gasteiger partial charge in [0.2, 0.25) is 0 Å². The molecule has 7 nitrogen and oxygen atoms in total. The number of benzene rings is 1. The number of H-pyrrole nitrogens is 1. The van der Waals surface area contributed by atoms with Crippen molar-refractivity contribution >= 4 is 17.4 Å². The molecule has 0 radical (unpaired) electrons. The number of ether oxygens (including phenoxy) is 1. The number of carbonyl (C=O) groups is 2. The number of nitrogens with one attached hydrogen (secondary N) is 1. The smallest absolute Gasteiger partial charge is 0.295 e. The molecule has 0 saturated carbocycles. The van der Waals surface area contributed by atoms with Gasteiger partial charge in [-0.2, -0.15) is 0 Å². The Hall–Kier alpha value is -4.00. The van der Waals surface area contributed by atoms with Crippen molar-refractivity contribution in [1.29, 1.82) is 0 Å². The lowest BCUT2D eigenvalue weighted by atomic mass is 9.96. The summed E-state index contributed by atoms with van der Waals surface area (Å²) in [6.45, 7) is 0.187. The summed E-state index contributed by atoms with van der Waals surface area (Å²) in [4.78, 5) is 34.5. The van der Waals surface area contributed by atoms with E-state index < -0.39 is 17.7 Å². The summed E-state index contributed by atoms with van der Waals surface area (Å²) < 4.78 is 5.22. The number of aromatic amines is 1. The Bertz CT molecular complexity index is 1110. The normalized spacial score (nSPS) is 17.9. The van der Waals surface area contributed by atoms with E-state index in [0.717, 1.165) is 5.56 Å². The summed E-state index contributed by atoms with van der Waals surface area (Å²) in [6, 6.07) is 13.2. The summed E-state index contributed by atoms with van der Waals surface area (Å²) in [5, 5.41) is 11.0. The highest BCUT2D eigenvalue weighted by molar-refractivity contribution is 6.46. The molecular weight excluding hydrogens is 382 g/mol. The lowest BCUT2D eigenvalue weighted by Gasteiger charge is -2.24. The summed E-state index contributed by atoms with van der Waals surface area (Å²) in [5.74, 6) is -1.10. The van der Waals surface area contributed by atoms with E-state index in [9.17, 15) is 14.7 Å². The third-order valence-corrected chi connectivity index (χ3v) is 5.01. The highest BCUT2D eigenvalue weighted by atomic mass is 16.5. The number of amides is 1. The Morgan fingerprint density at radius 2 is 2.07 bits per heavy atom. The number of aliphatic hydroxyl groups is 1. The van der Waals surface area contributed by atoms with Gasteiger partial charge in [-0.3, -0.25) is 14.6 Å². The van der Waals surface area contributed by atoms with E-state index in [1.54, 1.807) is 61.2 Å². The zero-order valence-electron chi connectivity index (χ0n) is 16.3. The fourth-order valence-electron chi connectivity index (χ4n) is 3.58. The molecule has 3 heterocycles. The van der Waals surface area contributed by atoms with Crippen LogP contribution in [0.2, 0.25) is 0 Å². The van der Waals surface area contributed by atoms with Gasteiger partial charge in [0, 0.05) is 36.1 Å². The maximum absolute atomic E-state index is 13.0. The van der Waals surface area contributed by atoms with Gasteiger partial charge in [0.05, 0.1) is 18.7 Å². The minimum atomic E-state index is -0.742. The molecule has 4 rings (SSSR count). The highest BCUT2D eigenvalue weighted by Gasteiger charge is 2.46. The van der Waals surface area contributed by atoms with E-state index in [-0.39, 0.29) is 17.9 Å². The van der Waals surface area contributed by atoms with E-state index in [1.165, 1.54) is 12.0 Å². The van der Waals surface area contributed by atoms with Crippen molar-refractivity contribution in [2.75, 3.05) is 7.11 Å². The average molecular weight is 402 g/mol. The number of aliphatic hydroxyl groups excluding tert-OH is 1. The Balaban J connectivity index is 1.85. The highest BCUT2D eigenvalue weighted by Crippen LogP contribution is 2.40. The maximum atomic E-state index is 13.0. The van der Waals surface area contributed by atoms with Gasteiger partial charge >= 0.3 is 0 Å². The van der Waals surface area contributed by atoms with Gasteiger partial charge in [-0.1, -0.05) is 18.2 Å².